The van der Waals surface area contributed by atoms with Crippen molar-refractivity contribution in [3.8, 4) is 0 Å². The molecule has 0 rings (SSSR count). The lowest BCUT2D eigenvalue weighted by atomic mass is 10.0. The Hall–Kier alpha value is -1.77. The molecule has 2 atom stereocenters. The third-order valence-electron chi connectivity index (χ3n) is 10.4. The molecule has 10 heteroatoms. The molecule has 0 saturated carbocycles. The molecule has 0 fully saturated rings. The number of likely N-dealkylation sites (N-methyl/N-ethyl adjacent to an activating group) is 1. The predicted molar refractivity (Wildman–Crippen MR) is 247 cm³/mol. The number of carbonyl (C=O) groups is 2. The van der Waals surface area contributed by atoms with E-state index >= 15 is 0 Å². The van der Waals surface area contributed by atoms with Crippen LogP contribution in [0, 0.1) is 0 Å². The fourth-order valence-electron chi connectivity index (χ4n) is 6.61. The molecule has 0 aromatic rings. The van der Waals surface area contributed by atoms with E-state index in [0.717, 1.165) is 57.8 Å². The molecule has 346 valence electrons. The highest BCUT2D eigenvalue weighted by Gasteiger charge is 2.27. The minimum Gasteiger partial charge on any atom is -0.462 e. The molecule has 0 aromatic carbocycles. The second kappa shape index (κ2) is 41.6. The van der Waals surface area contributed by atoms with Crippen LogP contribution in [-0.4, -0.2) is 74.9 Å². The van der Waals surface area contributed by atoms with Crippen molar-refractivity contribution in [2.45, 2.75) is 219 Å². The highest BCUT2D eigenvalue weighted by Crippen LogP contribution is 2.43. The van der Waals surface area contributed by atoms with Gasteiger partial charge in [0.05, 0.1) is 27.7 Å². The average molecular weight is 855 g/mol. The normalized spacial score (nSPS) is 13.8. The fraction of sp³-hybridized carbons (Fsp3) is 0.837. The van der Waals surface area contributed by atoms with Gasteiger partial charge in [0, 0.05) is 12.8 Å². The minimum atomic E-state index is -4.38. The third kappa shape index (κ3) is 45.6. The number of unbranched alkanes of at least 4 members (excludes halogenated alkanes) is 24. The molecule has 0 radical (unpaired) electrons. The molecule has 59 heavy (non-hydrogen) atoms. The van der Waals surface area contributed by atoms with Gasteiger partial charge in [0.15, 0.2) is 6.10 Å². The van der Waals surface area contributed by atoms with Crippen LogP contribution >= 0.6 is 7.82 Å². The summed E-state index contributed by atoms with van der Waals surface area (Å²) in [5.74, 6) is -0.816. The van der Waals surface area contributed by atoms with E-state index in [0.29, 0.717) is 17.4 Å². The first-order valence-electron chi connectivity index (χ1n) is 24.2. The first-order chi connectivity index (χ1) is 28.5. The molecule has 0 aliphatic rings. The van der Waals surface area contributed by atoms with Gasteiger partial charge in [-0.05, 0) is 51.4 Å². The number of phosphoric ester groups is 1. The zero-order valence-corrected chi connectivity index (χ0v) is 39.9. The summed E-state index contributed by atoms with van der Waals surface area (Å²) in [4.78, 5) is 35.5. The smallest absolute Gasteiger partial charge is 0.462 e. The number of hydrogen-bond donors (Lipinski definition) is 1. The number of phosphoric acid groups is 1. The van der Waals surface area contributed by atoms with E-state index in [1.54, 1.807) is 0 Å². The summed E-state index contributed by atoms with van der Waals surface area (Å²) in [6.45, 7) is 4.39. The Labute approximate surface area is 363 Å². The molecule has 0 aromatic heterocycles. The Kier molecular flexibility index (Phi) is 40.3. The number of esters is 2. The standard InChI is InChI=1S/C49H92NO8P/c1-6-8-10-12-14-16-18-20-22-24-26-27-29-31-33-35-37-39-41-48(51)55-45-47(46-57-59(53,54)56-44-43-50(3,4)5)58-49(52)42-40-38-36-34-32-30-28-25-23-21-19-17-15-13-11-9-7-2/h15,17,21,23,28,30,47H,6-14,16,18-20,22,24-27,29,31-46H2,1-5H3/p+1/b17-15-,23-21-,30-28-/t47-/m1/s1. The fourth-order valence-corrected chi connectivity index (χ4v) is 7.35. The molecule has 0 aliphatic heterocycles. The van der Waals surface area contributed by atoms with Gasteiger partial charge in [-0.1, -0.05) is 185 Å². The van der Waals surface area contributed by atoms with Crippen LogP contribution in [0.25, 0.3) is 0 Å². The number of carbonyl (C=O) groups excluding carboxylic acids is 2. The summed E-state index contributed by atoms with van der Waals surface area (Å²) in [6, 6.07) is 0. The van der Waals surface area contributed by atoms with Gasteiger partial charge in [-0.15, -0.1) is 0 Å². The van der Waals surface area contributed by atoms with Crippen molar-refractivity contribution in [3.63, 3.8) is 0 Å². The van der Waals surface area contributed by atoms with Gasteiger partial charge < -0.3 is 18.9 Å². The lowest BCUT2D eigenvalue weighted by Gasteiger charge is -2.24. The van der Waals surface area contributed by atoms with Crippen LogP contribution in [0.15, 0.2) is 36.5 Å². The summed E-state index contributed by atoms with van der Waals surface area (Å²) in [5.41, 5.74) is 0. The Balaban J connectivity index is 4.32. The maximum atomic E-state index is 12.7. The van der Waals surface area contributed by atoms with Crippen LogP contribution in [0.3, 0.4) is 0 Å². The van der Waals surface area contributed by atoms with Crippen LogP contribution in [0.1, 0.15) is 213 Å². The quantitative estimate of drug-likeness (QED) is 0.0212. The van der Waals surface area contributed by atoms with Crippen LogP contribution < -0.4 is 0 Å². The number of rotatable bonds is 44. The van der Waals surface area contributed by atoms with Gasteiger partial charge in [0.1, 0.15) is 19.8 Å². The maximum absolute atomic E-state index is 12.7. The summed E-state index contributed by atoms with van der Waals surface area (Å²) in [5, 5.41) is 0. The Morgan fingerprint density at radius 1 is 0.525 bits per heavy atom. The molecular formula is C49H93NO8P+. The first kappa shape index (κ1) is 57.2. The van der Waals surface area contributed by atoms with Gasteiger partial charge in [-0.3, -0.25) is 18.6 Å². The van der Waals surface area contributed by atoms with Crippen molar-refractivity contribution >= 4 is 19.8 Å². The van der Waals surface area contributed by atoms with E-state index in [1.165, 1.54) is 122 Å². The Morgan fingerprint density at radius 3 is 1.39 bits per heavy atom. The molecular weight excluding hydrogens is 762 g/mol. The van der Waals surface area contributed by atoms with Gasteiger partial charge in [-0.25, -0.2) is 4.57 Å². The minimum absolute atomic E-state index is 0.0279. The van der Waals surface area contributed by atoms with Crippen molar-refractivity contribution in [1.29, 1.82) is 0 Å². The molecule has 0 saturated heterocycles. The van der Waals surface area contributed by atoms with Crippen molar-refractivity contribution < 1.29 is 42.1 Å². The highest BCUT2D eigenvalue weighted by atomic mass is 31.2. The number of quaternary nitrogens is 1. The zero-order chi connectivity index (χ0) is 43.6. The number of allylic oxidation sites excluding steroid dienone is 6. The second-order valence-corrected chi connectivity index (χ2v) is 19.0. The lowest BCUT2D eigenvalue weighted by molar-refractivity contribution is -0.870. The summed E-state index contributed by atoms with van der Waals surface area (Å²) >= 11 is 0. The molecule has 9 nitrogen and oxygen atoms in total. The van der Waals surface area contributed by atoms with E-state index in [1.807, 2.05) is 21.1 Å². The Bertz CT molecular complexity index is 1100. The molecule has 1 N–H and O–H groups in total. The summed E-state index contributed by atoms with van der Waals surface area (Å²) in [7, 11) is 1.46. The van der Waals surface area contributed by atoms with Crippen LogP contribution in [0.5, 0.6) is 0 Å². The van der Waals surface area contributed by atoms with Crippen molar-refractivity contribution in [3.05, 3.63) is 36.5 Å². The van der Waals surface area contributed by atoms with Gasteiger partial charge >= 0.3 is 19.8 Å². The van der Waals surface area contributed by atoms with E-state index < -0.39 is 26.5 Å². The number of nitrogens with zero attached hydrogens (tertiary/aromatic N) is 1. The monoisotopic (exact) mass is 855 g/mol. The molecule has 0 aliphatic carbocycles. The SMILES string of the molecule is CCCCC/C=C\C/C=C\C/C=C\CCCCCCC(=O)O[C@H](COC(=O)CCCCCCCCCCCCCCCCCCCC)COP(=O)(O)OCC[N+](C)(C)C. The maximum Gasteiger partial charge on any atom is 0.472 e. The molecule has 0 spiro atoms. The van der Waals surface area contributed by atoms with Crippen LogP contribution in [0.4, 0.5) is 0 Å². The van der Waals surface area contributed by atoms with E-state index in [2.05, 4.69) is 50.3 Å². The van der Waals surface area contributed by atoms with E-state index in [9.17, 15) is 19.0 Å². The van der Waals surface area contributed by atoms with E-state index in [4.69, 9.17) is 18.5 Å². The Morgan fingerprint density at radius 2 is 0.915 bits per heavy atom. The number of ether oxygens (including phenoxy) is 2. The number of hydrogen-bond acceptors (Lipinski definition) is 7. The predicted octanol–water partition coefficient (Wildman–Crippen LogP) is 14.1. The molecule has 0 heterocycles. The summed E-state index contributed by atoms with van der Waals surface area (Å²) < 4.78 is 34.4. The summed E-state index contributed by atoms with van der Waals surface area (Å²) in [6.07, 6.45) is 47.6. The van der Waals surface area contributed by atoms with Gasteiger partial charge in [0.25, 0.3) is 0 Å². The molecule has 0 amide bonds. The largest absolute Gasteiger partial charge is 0.472 e. The van der Waals surface area contributed by atoms with Crippen molar-refractivity contribution in [2.24, 2.45) is 0 Å². The lowest BCUT2D eigenvalue weighted by Crippen LogP contribution is -2.37. The second-order valence-electron chi connectivity index (χ2n) is 17.5. The molecule has 1 unspecified atom stereocenters. The van der Waals surface area contributed by atoms with Crippen molar-refractivity contribution in [1.82, 2.24) is 0 Å². The van der Waals surface area contributed by atoms with Crippen LogP contribution in [-0.2, 0) is 32.7 Å². The average Bonchev–Trinajstić information content (AvgIpc) is 3.19. The zero-order valence-electron chi connectivity index (χ0n) is 39.0. The van der Waals surface area contributed by atoms with Gasteiger partial charge in [-0.2, -0.15) is 0 Å². The third-order valence-corrected chi connectivity index (χ3v) is 11.4. The van der Waals surface area contributed by atoms with Crippen molar-refractivity contribution in [2.75, 3.05) is 47.5 Å². The molecule has 0 bridgehead atoms. The highest BCUT2D eigenvalue weighted by molar-refractivity contribution is 7.47. The van der Waals surface area contributed by atoms with E-state index in [-0.39, 0.29) is 32.0 Å². The topological polar surface area (TPSA) is 108 Å². The first-order valence-corrected chi connectivity index (χ1v) is 25.7. The van der Waals surface area contributed by atoms with Gasteiger partial charge in [0.2, 0.25) is 0 Å². The van der Waals surface area contributed by atoms with Crippen LogP contribution in [0.2, 0.25) is 0 Å².